The maximum absolute atomic E-state index is 4.27. The van der Waals surface area contributed by atoms with E-state index in [-0.39, 0.29) is 0 Å². The van der Waals surface area contributed by atoms with Crippen molar-refractivity contribution in [2.24, 2.45) is 5.92 Å². The maximum Gasteiger partial charge on any atom is 0.00276 e. The molecule has 1 nitrogen and oxygen atoms in total. The van der Waals surface area contributed by atoms with Crippen molar-refractivity contribution in [3.05, 3.63) is 72.0 Å². The van der Waals surface area contributed by atoms with E-state index in [2.05, 4.69) is 51.1 Å². The predicted octanol–water partition coefficient (Wildman–Crippen LogP) is 5.47. The smallest absolute Gasteiger partial charge is 0.00276 e. The number of hydrogen-bond acceptors (Lipinski definition) is 1. The van der Waals surface area contributed by atoms with Crippen LogP contribution < -0.4 is 5.32 Å². The van der Waals surface area contributed by atoms with E-state index in [1.165, 1.54) is 22.3 Å². The highest BCUT2D eigenvalue weighted by Gasteiger charge is 2.19. The lowest BCUT2D eigenvalue weighted by Gasteiger charge is -2.25. The molecule has 1 aliphatic carbocycles. The summed E-state index contributed by atoms with van der Waals surface area (Å²) in [6.45, 7) is 16.8. The fraction of sp³-hybridized carbons (Fsp3) is 0.400. The molecule has 1 N–H and O–H groups in total. The van der Waals surface area contributed by atoms with E-state index in [0.717, 1.165) is 31.3 Å². The summed E-state index contributed by atoms with van der Waals surface area (Å²) in [5.74, 6) is 0.564. The second kappa shape index (κ2) is 8.51. The van der Waals surface area contributed by atoms with Crippen LogP contribution in [0.15, 0.2) is 72.0 Å². The van der Waals surface area contributed by atoms with Gasteiger partial charge in [0, 0.05) is 7.05 Å². The molecule has 114 valence electrons. The zero-order valence-electron chi connectivity index (χ0n) is 13.8. The normalized spacial score (nSPS) is 16.9. The van der Waals surface area contributed by atoms with Crippen LogP contribution in [0.2, 0.25) is 0 Å². The summed E-state index contributed by atoms with van der Waals surface area (Å²) in [4.78, 5) is 0. The molecule has 0 heterocycles. The van der Waals surface area contributed by atoms with Crippen molar-refractivity contribution in [2.75, 3.05) is 7.05 Å². The van der Waals surface area contributed by atoms with Crippen LogP contribution in [0, 0.1) is 5.92 Å². The van der Waals surface area contributed by atoms with Gasteiger partial charge in [0.1, 0.15) is 0 Å². The summed E-state index contributed by atoms with van der Waals surface area (Å²) < 4.78 is 0. The van der Waals surface area contributed by atoms with Crippen molar-refractivity contribution < 1.29 is 0 Å². The van der Waals surface area contributed by atoms with E-state index in [9.17, 15) is 0 Å². The Labute approximate surface area is 130 Å². The highest BCUT2D eigenvalue weighted by atomic mass is 14.8. The van der Waals surface area contributed by atoms with Crippen molar-refractivity contribution in [2.45, 2.75) is 39.5 Å². The number of rotatable bonds is 8. The lowest BCUT2D eigenvalue weighted by Crippen LogP contribution is -2.09. The first-order valence-electron chi connectivity index (χ1n) is 7.80. The Kier molecular flexibility index (Phi) is 7.01. The van der Waals surface area contributed by atoms with Crippen LogP contribution in [0.5, 0.6) is 0 Å². The standard InChI is InChI=1S/C20H29N/c1-7-15(3)20-17(5)13-19(14-18(20)8-2)16(4)11-9-10-12-21-6/h8,10,12,14,16,21H,2-3,5,7,9,11,13H2,1,4,6H3/b12-10+. The summed E-state index contributed by atoms with van der Waals surface area (Å²) in [6.07, 6.45) is 12.6. The molecule has 0 amide bonds. The topological polar surface area (TPSA) is 12.0 Å². The molecule has 0 saturated heterocycles. The molecule has 0 fully saturated rings. The third-order valence-electron chi connectivity index (χ3n) is 4.08. The lowest BCUT2D eigenvalue weighted by molar-refractivity contribution is 0.604. The van der Waals surface area contributed by atoms with Gasteiger partial charge in [0.15, 0.2) is 0 Å². The van der Waals surface area contributed by atoms with E-state index in [4.69, 9.17) is 0 Å². The van der Waals surface area contributed by atoms with Gasteiger partial charge >= 0.3 is 0 Å². The molecule has 0 radical (unpaired) electrons. The molecule has 0 bridgehead atoms. The average Bonchev–Trinajstić information content (AvgIpc) is 2.49. The van der Waals surface area contributed by atoms with Crippen LogP contribution in [-0.4, -0.2) is 7.05 Å². The Hall–Kier alpha value is -1.76. The molecule has 0 aromatic carbocycles. The molecule has 1 rings (SSSR count). The van der Waals surface area contributed by atoms with Crippen molar-refractivity contribution in [1.29, 1.82) is 0 Å². The second-order valence-electron chi connectivity index (χ2n) is 5.66. The third-order valence-corrected chi connectivity index (χ3v) is 4.08. The molecular weight excluding hydrogens is 254 g/mol. The van der Waals surface area contributed by atoms with E-state index >= 15 is 0 Å². The van der Waals surface area contributed by atoms with Crippen LogP contribution in [0.3, 0.4) is 0 Å². The van der Waals surface area contributed by atoms with Gasteiger partial charge in [-0.2, -0.15) is 0 Å². The molecule has 0 aromatic heterocycles. The number of allylic oxidation sites excluding steroid dienone is 8. The van der Waals surface area contributed by atoms with Gasteiger partial charge in [-0.1, -0.05) is 57.4 Å². The van der Waals surface area contributed by atoms with Crippen LogP contribution in [0.1, 0.15) is 39.5 Å². The fourth-order valence-corrected chi connectivity index (χ4v) is 2.70. The lowest BCUT2D eigenvalue weighted by atomic mass is 9.79. The van der Waals surface area contributed by atoms with Crippen LogP contribution in [-0.2, 0) is 0 Å². The van der Waals surface area contributed by atoms with Crippen molar-refractivity contribution in [3.63, 3.8) is 0 Å². The van der Waals surface area contributed by atoms with Gasteiger partial charge in [0.2, 0.25) is 0 Å². The molecule has 1 unspecified atom stereocenters. The van der Waals surface area contributed by atoms with E-state index < -0.39 is 0 Å². The molecule has 1 heteroatoms. The number of hydrogen-bond donors (Lipinski definition) is 1. The van der Waals surface area contributed by atoms with Gasteiger partial charge in [0.05, 0.1) is 0 Å². The summed E-state index contributed by atoms with van der Waals surface area (Å²) in [5.41, 5.74) is 6.21. The van der Waals surface area contributed by atoms with Crippen molar-refractivity contribution in [1.82, 2.24) is 5.32 Å². The molecular formula is C20H29N. The van der Waals surface area contributed by atoms with Gasteiger partial charge < -0.3 is 5.32 Å². The molecule has 1 atom stereocenters. The minimum Gasteiger partial charge on any atom is -0.394 e. The number of nitrogens with one attached hydrogen (secondary N) is 1. The minimum atomic E-state index is 0.564. The van der Waals surface area contributed by atoms with Gasteiger partial charge in [-0.05, 0) is 60.1 Å². The van der Waals surface area contributed by atoms with E-state index in [1.54, 1.807) is 0 Å². The highest BCUT2D eigenvalue weighted by Crippen LogP contribution is 2.37. The van der Waals surface area contributed by atoms with Gasteiger partial charge in [-0.15, -0.1) is 0 Å². The Morgan fingerprint density at radius 1 is 1.48 bits per heavy atom. The molecule has 0 spiro atoms. The van der Waals surface area contributed by atoms with Crippen molar-refractivity contribution >= 4 is 0 Å². The quantitative estimate of drug-likeness (QED) is 0.622. The first-order chi connectivity index (χ1) is 10.0. The Morgan fingerprint density at radius 2 is 2.19 bits per heavy atom. The monoisotopic (exact) mass is 283 g/mol. The van der Waals surface area contributed by atoms with Crippen molar-refractivity contribution in [3.8, 4) is 0 Å². The summed E-state index contributed by atoms with van der Waals surface area (Å²) >= 11 is 0. The predicted molar refractivity (Wildman–Crippen MR) is 95.1 cm³/mol. The SMILES string of the molecule is C=CC1=C(C(=C)CC)C(=C)CC(C(C)CC/C=C/NC)=C1. The molecule has 0 saturated carbocycles. The summed E-state index contributed by atoms with van der Waals surface area (Å²) in [7, 11) is 1.93. The average molecular weight is 283 g/mol. The fourth-order valence-electron chi connectivity index (χ4n) is 2.70. The summed E-state index contributed by atoms with van der Waals surface area (Å²) in [5, 5.41) is 3.03. The molecule has 0 aromatic rings. The van der Waals surface area contributed by atoms with Crippen LogP contribution >= 0.6 is 0 Å². The Bertz CT molecular complexity index is 500. The van der Waals surface area contributed by atoms with Gasteiger partial charge in [0.25, 0.3) is 0 Å². The summed E-state index contributed by atoms with van der Waals surface area (Å²) in [6, 6.07) is 0. The highest BCUT2D eigenvalue weighted by molar-refractivity contribution is 5.59. The van der Waals surface area contributed by atoms with E-state index in [1.807, 2.05) is 19.3 Å². The largest absolute Gasteiger partial charge is 0.394 e. The molecule has 0 aliphatic heterocycles. The first-order valence-corrected chi connectivity index (χ1v) is 7.80. The zero-order chi connectivity index (χ0) is 15.8. The second-order valence-corrected chi connectivity index (χ2v) is 5.66. The van der Waals surface area contributed by atoms with E-state index in [0.29, 0.717) is 5.92 Å². The Balaban J connectivity index is 2.91. The first kappa shape index (κ1) is 17.3. The van der Waals surface area contributed by atoms with Gasteiger partial charge in [-0.3, -0.25) is 0 Å². The van der Waals surface area contributed by atoms with Gasteiger partial charge in [-0.25, -0.2) is 0 Å². The molecule has 21 heavy (non-hydrogen) atoms. The van der Waals surface area contributed by atoms with Crippen LogP contribution in [0.4, 0.5) is 0 Å². The third kappa shape index (κ3) is 4.63. The molecule has 1 aliphatic rings. The van der Waals surface area contributed by atoms with Crippen LogP contribution in [0.25, 0.3) is 0 Å². The Morgan fingerprint density at radius 3 is 2.76 bits per heavy atom. The zero-order valence-corrected chi connectivity index (χ0v) is 13.8. The maximum atomic E-state index is 4.27. The minimum absolute atomic E-state index is 0.564.